The lowest BCUT2D eigenvalue weighted by molar-refractivity contribution is -0.116. The Balaban J connectivity index is 1.94. The lowest BCUT2D eigenvalue weighted by atomic mass is 10.2. The number of rotatable bonds is 5. The summed E-state index contributed by atoms with van der Waals surface area (Å²) in [5, 5.41) is 2.73. The molecule has 2 amide bonds. The van der Waals surface area contributed by atoms with E-state index in [2.05, 4.69) is 5.32 Å². The second-order valence-electron chi connectivity index (χ2n) is 5.27. The van der Waals surface area contributed by atoms with E-state index >= 15 is 0 Å². The molecule has 0 atom stereocenters. The Morgan fingerprint density at radius 3 is 2.22 bits per heavy atom. The molecule has 5 heteroatoms. The summed E-state index contributed by atoms with van der Waals surface area (Å²) in [6.45, 7) is 4.14. The summed E-state index contributed by atoms with van der Waals surface area (Å²) in [5.74, 6) is -0.772. The molecular weight excluding hydrogens is 295 g/mol. The van der Waals surface area contributed by atoms with Crippen LogP contribution in [0.1, 0.15) is 22.8 Å². The normalized spacial score (nSPS) is 10.2. The first-order valence-corrected chi connectivity index (χ1v) is 7.36. The Labute approximate surface area is 134 Å². The van der Waals surface area contributed by atoms with Crippen molar-refractivity contribution in [3.8, 4) is 0 Å². The third kappa shape index (κ3) is 4.64. The van der Waals surface area contributed by atoms with Gasteiger partial charge in [-0.05, 0) is 43.3 Å². The van der Waals surface area contributed by atoms with Gasteiger partial charge in [0.05, 0.1) is 0 Å². The molecule has 0 aliphatic rings. The highest BCUT2D eigenvalue weighted by Crippen LogP contribution is 2.14. The average molecular weight is 314 g/mol. The molecule has 1 N–H and O–H groups in total. The van der Waals surface area contributed by atoms with E-state index in [4.69, 9.17) is 0 Å². The largest absolute Gasteiger partial charge is 0.350 e. The number of anilines is 1. The highest BCUT2D eigenvalue weighted by molar-refractivity contribution is 5.94. The summed E-state index contributed by atoms with van der Waals surface area (Å²) in [7, 11) is 0. The maximum atomic E-state index is 12.8. The van der Waals surface area contributed by atoms with Gasteiger partial charge in [0.2, 0.25) is 5.91 Å². The first-order chi connectivity index (χ1) is 11.0. The maximum absolute atomic E-state index is 12.8. The van der Waals surface area contributed by atoms with E-state index in [1.54, 1.807) is 4.90 Å². The van der Waals surface area contributed by atoms with Crippen LogP contribution in [0.3, 0.4) is 0 Å². The first kappa shape index (κ1) is 16.7. The van der Waals surface area contributed by atoms with Gasteiger partial charge in [-0.3, -0.25) is 9.59 Å². The number of amides is 2. The van der Waals surface area contributed by atoms with E-state index in [0.29, 0.717) is 18.7 Å². The number of carbonyl (C=O) groups is 2. The number of nitrogens with one attached hydrogen (secondary N) is 1. The van der Waals surface area contributed by atoms with Crippen LogP contribution in [0.2, 0.25) is 0 Å². The minimum absolute atomic E-state index is 0.0927. The van der Waals surface area contributed by atoms with Crippen molar-refractivity contribution < 1.29 is 14.0 Å². The summed E-state index contributed by atoms with van der Waals surface area (Å²) >= 11 is 0. The molecule has 0 aliphatic carbocycles. The van der Waals surface area contributed by atoms with E-state index in [1.165, 1.54) is 31.2 Å². The maximum Gasteiger partial charge on any atom is 0.251 e. The van der Waals surface area contributed by atoms with Crippen LogP contribution in [0.15, 0.2) is 48.5 Å². The predicted octanol–water partition coefficient (Wildman–Crippen LogP) is 2.92. The molecule has 120 valence electrons. The molecule has 0 saturated heterocycles. The van der Waals surface area contributed by atoms with E-state index in [9.17, 15) is 14.0 Å². The SMILES string of the molecule is CC(=O)N(CCNC(=O)c1ccc(F)cc1)c1ccc(C)cc1. The second kappa shape index (κ2) is 7.54. The molecule has 0 fully saturated rings. The first-order valence-electron chi connectivity index (χ1n) is 7.36. The molecule has 2 aromatic rings. The van der Waals surface area contributed by atoms with E-state index < -0.39 is 0 Å². The number of carbonyl (C=O) groups excluding carboxylic acids is 2. The molecule has 0 radical (unpaired) electrons. The minimum atomic E-state index is -0.385. The Bertz CT molecular complexity index is 681. The minimum Gasteiger partial charge on any atom is -0.350 e. The molecule has 4 nitrogen and oxygen atoms in total. The summed E-state index contributed by atoms with van der Waals surface area (Å²) < 4.78 is 12.8. The molecule has 0 unspecified atom stereocenters. The zero-order chi connectivity index (χ0) is 16.8. The van der Waals surface area contributed by atoms with E-state index in [0.717, 1.165) is 11.3 Å². The third-order valence-corrected chi connectivity index (χ3v) is 3.45. The molecule has 0 saturated carbocycles. The van der Waals surface area contributed by atoms with Crippen molar-refractivity contribution in [2.24, 2.45) is 0 Å². The van der Waals surface area contributed by atoms with Crippen LogP contribution in [0.5, 0.6) is 0 Å². The third-order valence-electron chi connectivity index (χ3n) is 3.45. The molecule has 2 aromatic carbocycles. The van der Waals surface area contributed by atoms with Crippen molar-refractivity contribution in [3.05, 3.63) is 65.5 Å². The number of halogens is 1. The standard InChI is InChI=1S/C18H19FN2O2/c1-13-3-9-17(10-4-13)21(14(2)22)12-11-20-18(23)15-5-7-16(19)8-6-15/h3-10H,11-12H2,1-2H3,(H,20,23). The van der Waals surface area contributed by atoms with Crippen molar-refractivity contribution in [2.45, 2.75) is 13.8 Å². The van der Waals surface area contributed by atoms with Crippen LogP contribution in [-0.4, -0.2) is 24.9 Å². The van der Waals surface area contributed by atoms with Crippen LogP contribution in [-0.2, 0) is 4.79 Å². The highest BCUT2D eigenvalue weighted by atomic mass is 19.1. The van der Waals surface area contributed by atoms with Gasteiger partial charge < -0.3 is 10.2 Å². The van der Waals surface area contributed by atoms with Gasteiger partial charge in [0.1, 0.15) is 5.82 Å². The Morgan fingerprint density at radius 2 is 1.65 bits per heavy atom. The lowest BCUT2D eigenvalue weighted by Gasteiger charge is -2.21. The van der Waals surface area contributed by atoms with Gasteiger partial charge in [0.25, 0.3) is 5.91 Å². The van der Waals surface area contributed by atoms with Crippen molar-refractivity contribution in [2.75, 3.05) is 18.0 Å². The summed E-state index contributed by atoms with van der Waals surface area (Å²) in [5.41, 5.74) is 2.29. The molecule has 0 spiro atoms. The van der Waals surface area contributed by atoms with Gasteiger partial charge in [-0.2, -0.15) is 0 Å². The predicted molar refractivity (Wildman–Crippen MR) is 87.9 cm³/mol. The molecular formula is C18H19FN2O2. The fraction of sp³-hybridized carbons (Fsp3) is 0.222. The zero-order valence-electron chi connectivity index (χ0n) is 13.2. The van der Waals surface area contributed by atoms with E-state index in [1.807, 2.05) is 31.2 Å². The highest BCUT2D eigenvalue weighted by Gasteiger charge is 2.12. The fourth-order valence-corrected chi connectivity index (χ4v) is 2.18. The quantitative estimate of drug-likeness (QED) is 0.922. The van der Waals surface area contributed by atoms with Gasteiger partial charge in [-0.25, -0.2) is 4.39 Å². The molecule has 2 rings (SSSR count). The van der Waals surface area contributed by atoms with Crippen molar-refractivity contribution in [3.63, 3.8) is 0 Å². The topological polar surface area (TPSA) is 49.4 Å². The van der Waals surface area contributed by atoms with Crippen LogP contribution in [0, 0.1) is 12.7 Å². The van der Waals surface area contributed by atoms with Crippen molar-refractivity contribution in [1.82, 2.24) is 5.32 Å². The smallest absolute Gasteiger partial charge is 0.251 e. The van der Waals surface area contributed by atoms with E-state index in [-0.39, 0.29) is 17.6 Å². The summed E-state index contributed by atoms with van der Waals surface area (Å²) in [6, 6.07) is 12.9. The van der Waals surface area contributed by atoms with Crippen LogP contribution >= 0.6 is 0 Å². The number of hydrogen-bond acceptors (Lipinski definition) is 2. The number of nitrogens with zero attached hydrogens (tertiary/aromatic N) is 1. The molecule has 0 aliphatic heterocycles. The molecule has 0 bridgehead atoms. The van der Waals surface area contributed by atoms with Gasteiger partial charge in [-0.1, -0.05) is 17.7 Å². The van der Waals surface area contributed by atoms with Crippen LogP contribution < -0.4 is 10.2 Å². The van der Waals surface area contributed by atoms with Crippen LogP contribution in [0.4, 0.5) is 10.1 Å². The van der Waals surface area contributed by atoms with Gasteiger partial charge in [0, 0.05) is 31.3 Å². The number of aryl methyl sites for hydroxylation is 1. The number of hydrogen-bond donors (Lipinski definition) is 1. The average Bonchev–Trinajstić information content (AvgIpc) is 2.53. The summed E-state index contributed by atoms with van der Waals surface area (Å²) in [4.78, 5) is 25.3. The second-order valence-corrected chi connectivity index (χ2v) is 5.27. The van der Waals surface area contributed by atoms with Gasteiger partial charge in [-0.15, -0.1) is 0 Å². The van der Waals surface area contributed by atoms with Crippen LogP contribution in [0.25, 0.3) is 0 Å². The Kier molecular flexibility index (Phi) is 5.46. The monoisotopic (exact) mass is 314 g/mol. The summed E-state index contributed by atoms with van der Waals surface area (Å²) in [6.07, 6.45) is 0. The van der Waals surface area contributed by atoms with Crippen molar-refractivity contribution in [1.29, 1.82) is 0 Å². The number of benzene rings is 2. The molecule has 0 heterocycles. The Hall–Kier alpha value is -2.69. The fourth-order valence-electron chi connectivity index (χ4n) is 2.18. The zero-order valence-corrected chi connectivity index (χ0v) is 13.2. The van der Waals surface area contributed by atoms with Gasteiger partial charge in [0.15, 0.2) is 0 Å². The lowest BCUT2D eigenvalue weighted by Crippen LogP contribution is -2.37. The Morgan fingerprint density at radius 1 is 1.04 bits per heavy atom. The van der Waals surface area contributed by atoms with Gasteiger partial charge >= 0.3 is 0 Å². The van der Waals surface area contributed by atoms with Crippen molar-refractivity contribution >= 4 is 17.5 Å². The molecule has 23 heavy (non-hydrogen) atoms. The molecule has 0 aromatic heterocycles.